The Hall–Kier alpha value is -1.33. The van der Waals surface area contributed by atoms with E-state index >= 15 is 0 Å². The summed E-state index contributed by atoms with van der Waals surface area (Å²) in [5.41, 5.74) is 7.19. The van der Waals surface area contributed by atoms with Crippen molar-refractivity contribution in [2.24, 2.45) is 5.73 Å². The lowest BCUT2D eigenvalue weighted by molar-refractivity contribution is 0.910. The lowest BCUT2D eigenvalue weighted by Gasteiger charge is -1.97. The van der Waals surface area contributed by atoms with Gasteiger partial charge in [-0.05, 0) is 13.0 Å². The summed E-state index contributed by atoms with van der Waals surface area (Å²) in [7, 11) is 0. The lowest BCUT2D eigenvalue weighted by atomic mass is 10.3. The largest absolute Gasteiger partial charge is 0.324 e. The first-order valence-corrected chi connectivity index (χ1v) is 5.12. The van der Waals surface area contributed by atoms with Crippen LogP contribution in [0.25, 0.3) is 11.4 Å². The average Bonchev–Trinajstić information content (AvgIpc) is 2.65. The normalized spacial score (nSPS) is 10.4. The molecule has 0 aromatic carbocycles. The molecule has 0 unspecified atom stereocenters. The maximum atomic E-state index is 5.46. The second-order valence-corrected chi connectivity index (χ2v) is 3.88. The van der Waals surface area contributed by atoms with E-state index in [0.29, 0.717) is 12.4 Å². The molecule has 0 saturated carbocycles. The van der Waals surface area contributed by atoms with Gasteiger partial charge in [-0.3, -0.25) is 0 Å². The molecule has 0 saturated heterocycles. The Labute approximate surface area is 85.9 Å². The van der Waals surface area contributed by atoms with Crippen LogP contribution in [-0.4, -0.2) is 15.0 Å². The third-order valence-corrected chi connectivity index (χ3v) is 2.54. The molecule has 2 rings (SSSR count). The summed E-state index contributed by atoms with van der Waals surface area (Å²) in [4.78, 5) is 12.7. The van der Waals surface area contributed by atoms with Gasteiger partial charge in [0.05, 0.1) is 22.9 Å². The molecule has 14 heavy (non-hydrogen) atoms. The molecular weight excluding hydrogens is 196 g/mol. The van der Waals surface area contributed by atoms with Crippen molar-refractivity contribution in [2.75, 3.05) is 0 Å². The van der Waals surface area contributed by atoms with Gasteiger partial charge in [0.1, 0.15) is 5.82 Å². The molecule has 0 atom stereocenters. The molecule has 2 N–H and O–H groups in total. The van der Waals surface area contributed by atoms with Gasteiger partial charge < -0.3 is 5.73 Å². The van der Waals surface area contributed by atoms with Crippen LogP contribution in [0.3, 0.4) is 0 Å². The summed E-state index contributed by atoms with van der Waals surface area (Å²) in [6.45, 7) is 2.33. The Morgan fingerprint density at radius 1 is 1.36 bits per heavy atom. The van der Waals surface area contributed by atoms with Gasteiger partial charge in [-0.25, -0.2) is 15.0 Å². The highest BCUT2D eigenvalue weighted by atomic mass is 32.1. The van der Waals surface area contributed by atoms with Gasteiger partial charge in [0.25, 0.3) is 0 Å². The predicted molar refractivity (Wildman–Crippen MR) is 55.8 cm³/mol. The molecule has 2 aromatic rings. The molecular formula is C9H10N4S. The molecule has 0 amide bonds. The molecule has 0 aliphatic rings. The van der Waals surface area contributed by atoms with E-state index < -0.39 is 0 Å². The molecule has 0 aliphatic heterocycles. The number of nitrogens with two attached hydrogens (primary N) is 1. The zero-order valence-electron chi connectivity index (χ0n) is 7.77. The van der Waals surface area contributed by atoms with E-state index in [0.717, 1.165) is 16.4 Å². The Morgan fingerprint density at radius 2 is 2.21 bits per heavy atom. The third kappa shape index (κ3) is 1.78. The maximum Gasteiger partial charge on any atom is 0.142 e. The summed E-state index contributed by atoms with van der Waals surface area (Å²) in [5.74, 6) is 0.646. The van der Waals surface area contributed by atoms with Gasteiger partial charge in [0.2, 0.25) is 0 Å². The fourth-order valence-electron chi connectivity index (χ4n) is 1.12. The van der Waals surface area contributed by atoms with Crippen LogP contribution in [0.5, 0.6) is 0 Å². The van der Waals surface area contributed by atoms with Crippen molar-refractivity contribution < 1.29 is 0 Å². The standard InChI is InChI=1S/C9H10N4S/c1-6-12-8(5-14-6)7-2-3-11-9(4-10)13-7/h2-3,5H,4,10H2,1H3. The van der Waals surface area contributed by atoms with Crippen LogP contribution in [0, 0.1) is 6.92 Å². The molecule has 0 fully saturated rings. The minimum absolute atomic E-state index is 0.358. The van der Waals surface area contributed by atoms with Gasteiger partial charge >= 0.3 is 0 Å². The molecule has 0 radical (unpaired) electrons. The fraction of sp³-hybridized carbons (Fsp3) is 0.222. The van der Waals surface area contributed by atoms with Gasteiger partial charge in [-0.15, -0.1) is 11.3 Å². The number of nitrogens with zero attached hydrogens (tertiary/aromatic N) is 3. The van der Waals surface area contributed by atoms with Crippen LogP contribution in [0.2, 0.25) is 0 Å². The lowest BCUT2D eigenvalue weighted by Crippen LogP contribution is -2.03. The topological polar surface area (TPSA) is 64.7 Å². The Bertz CT molecular complexity index is 438. The molecule has 72 valence electrons. The van der Waals surface area contributed by atoms with E-state index in [9.17, 15) is 0 Å². The summed E-state index contributed by atoms with van der Waals surface area (Å²) in [6.07, 6.45) is 1.71. The van der Waals surface area contributed by atoms with E-state index in [4.69, 9.17) is 5.73 Å². The molecule has 0 spiro atoms. The van der Waals surface area contributed by atoms with E-state index in [1.807, 2.05) is 18.4 Å². The second kappa shape index (κ2) is 3.81. The van der Waals surface area contributed by atoms with Gasteiger partial charge in [-0.2, -0.15) is 0 Å². The SMILES string of the molecule is Cc1nc(-c2ccnc(CN)n2)cs1. The van der Waals surface area contributed by atoms with Gasteiger partial charge in [0.15, 0.2) is 0 Å². The summed E-state index contributed by atoms with van der Waals surface area (Å²) < 4.78 is 0. The summed E-state index contributed by atoms with van der Waals surface area (Å²) in [5, 5.41) is 3.02. The highest BCUT2D eigenvalue weighted by molar-refractivity contribution is 7.09. The van der Waals surface area contributed by atoms with Crippen molar-refractivity contribution in [3.63, 3.8) is 0 Å². The molecule has 2 heterocycles. The Kier molecular flexibility index (Phi) is 2.51. The average molecular weight is 206 g/mol. The number of rotatable bonds is 2. The second-order valence-electron chi connectivity index (χ2n) is 2.81. The highest BCUT2D eigenvalue weighted by Gasteiger charge is 2.04. The maximum absolute atomic E-state index is 5.46. The number of hydrogen-bond donors (Lipinski definition) is 1. The minimum Gasteiger partial charge on any atom is -0.324 e. The highest BCUT2D eigenvalue weighted by Crippen LogP contribution is 2.18. The number of thiazole rings is 1. The zero-order chi connectivity index (χ0) is 9.97. The molecule has 5 heteroatoms. The molecule has 4 nitrogen and oxygen atoms in total. The monoisotopic (exact) mass is 206 g/mol. The third-order valence-electron chi connectivity index (χ3n) is 1.77. The zero-order valence-corrected chi connectivity index (χ0v) is 8.58. The van der Waals surface area contributed by atoms with Crippen LogP contribution in [0.4, 0.5) is 0 Å². The smallest absolute Gasteiger partial charge is 0.142 e. The minimum atomic E-state index is 0.358. The number of aromatic nitrogens is 3. The number of hydrogen-bond acceptors (Lipinski definition) is 5. The summed E-state index contributed by atoms with van der Waals surface area (Å²) >= 11 is 1.61. The number of aryl methyl sites for hydroxylation is 1. The van der Waals surface area contributed by atoms with Crippen molar-refractivity contribution in [2.45, 2.75) is 13.5 Å². The van der Waals surface area contributed by atoms with Crippen molar-refractivity contribution >= 4 is 11.3 Å². The quantitative estimate of drug-likeness (QED) is 0.806. The van der Waals surface area contributed by atoms with Crippen molar-refractivity contribution in [1.82, 2.24) is 15.0 Å². The van der Waals surface area contributed by atoms with Crippen molar-refractivity contribution in [1.29, 1.82) is 0 Å². The van der Waals surface area contributed by atoms with E-state index in [1.54, 1.807) is 17.5 Å². The molecule has 0 aliphatic carbocycles. The van der Waals surface area contributed by atoms with E-state index in [-0.39, 0.29) is 0 Å². The Balaban J connectivity index is 2.41. The van der Waals surface area contributed by atoms with Gasteiger partial charge in [0, 0.05) is 11.6 Å². The van der Waals surface area contributed by atoms with Crippen LogP contribution in [-0.2, 0) is 6.54 Å². The van der Waals surface area contributed by atoms with Crippen LogP contribution >= 0.6 is 11.3 Å². The predicted octanol–water partition coefficient (Wildman–Crippen LogP) is 1.37. The first kappa shape index (κ1) is 9.23. The first-order chi connectivity index (χ1) is 6.79. The Morgan fingerprint density at radius 3 is 2.86 bits per heavy atom. The van der Waals surface area contributed by atoms with Crippen molar-refractivity contribution in [3.05, 3.63) is 28.5 Å². The molecule has 2 aromatic heterocycles. The molecule has 0 bridgehead atoms. The van der Waals surface area contributed by atoms with Crippen LogP contribution in [0.1, 0.15) is 10.8 Å². The fourth-order valence-corrected chi connectivity index (χ4v) is 1.73. The van der Waals surface area contributed by atoms with E-state index in [2.05, 4.69) is 15.0 Å². The first-order valence-electron chi connectivity index (χ1n) is 4.24. The van der Waals surface area contributed by atoms with E-state index in [1.165, 1.54) is 0 Å². The van der Waals surface area contributed by atoms with Gasteiger partial charge in [-0.1, -0.05) is 0 Å². The van der Waals surface area contributed by atoms with Crippen molar-refractivity contribution in [3.8, 4) is 11.4 Å². The van der Waals surface area contributed by atoms with Crippen LogP contribution < -0.4 is 5.73 Å². The summed E-state index contributed by atoms with van der Waals surface area (Å²) in [6, 6.07) is 1.84. The van der Waals surface area contributed by atoms with Crippen LogP contribution in [0.15, 0.2) is 17.6 Å².